The standard InChI is InChI=1S/C54H37N.3C2H6/c1-4-10-38(11-5-1)41-16-18-44(19-17-41)45-28-32-50(33-29-45)55-53-34-30-48(46-24-20-42(21-25-46)39-12-6-2-7-13-39)36-51(53)52-37-49(31-35-54(52)55)47-26-22-43(23-27-47)40-14-8-3-9-15-40;3*1-2/h1-37H;3*1-2H3. The highest BCUT2D eigenvalue weighted by atomic mass is 15.0. The minimum Gasteiger partial charge on any atom is -0.309 e. The maximum atomic E-state index is 2.41. The molecule has 0 radical (unpaired) electrons. The second kappa shape index (κ2) is 20.2. The molecule has 10 rings (SSSR count). The number of aromatic nitrogens is 1. The number of hydrogen-bond donors (Lipinski definition) is 0. The molecule has 0 saturated carbocycles. The topological polar surface area (TPSA) is 4.93 Å². The zero-order valence-corrected chi connectivity index (χ0v) is 36.3. The van der Waals surface area contributed by atoms with Gasteiger partial charge in [-0.3, -0.25) is 0 Å². The number of hydrogen-bond acceptors (Lipinski definition) is 0. The summed E-state index contributed by atoms with van der Waals surface area (Å²) in [5.74, 6) is 0. The summed E-state index contributed by atoms with van der Waals surface area (Å²) in [7, 11) is 0. The third kappa shape index (κ3) is 9.03. The number of benzene rings is 9. The summed E-state index contributed by atoms with van der Waals surface area (Å²) in [5, 5.41) is 2.48. The summed E-state index contributed by atoms with van der Waals surface area (Å²) >= 11 is 0. The van der Waals surface area contributed by atoms with E-state index in [1.807, 2.05) is 41.5 Å². The Bertz CT molecular complexity index is 2750. The first-order valence-electron chi connectivity index (χ1n) is 21.9. The van der Waals surface area contributed by atoms with Crippen molar-refractivity contribution in [3.05, 3.63) is 224 Å². The molecule has 0 saturated heterocycles. The predicted octanol–water partition coefficient (Wildman–Crippen LogP) is 17.9. The Morgan fingerprint density at radius 3 is 0.705 bits per heavy atom. The summed E-state index contributed by atoms with van der Waals surface area (Å²) < 4.78 is 2.41. The molecule has 0 bridgehead atoms. The van der Waals surface area contributed by atoms with Gasteiger partial charge in [-0.15, -0.1) is 0 Å². The van der Waals surface area contributed by atoms with E-state index in [0.717, 1.165) is 5.69 Å². The molecule has 0 aliphatic rings. The Hall–Kier alpha value is -7.22. The van der Waals surface area contributed by atoms with Gasteiger partial charge in [0.05, 0.1) is 11.0 Å². The summed E-state index contributed by atoms with van der Waals surface area (Å²) in [4.78, 5) is 0. The van der Waals surface area contributed by atoms with Gasteiger partial charge >= 0.3 is 0 Å². The summed E-state index contributed by atoms with van der Waals surface area (Å²) in [6.07, 6.45) is 0. The van der Waals surface area contributed by atoms with Gasteiger partial charge in [-0.2, -0.15) is 0 Å². The molecule has 0 aliphatic carbocycles. The molecule has 9 aromatic carbocycles. The maximum Gasteiger partial charge on any atom is 0.0541 e. The Labute approximate surface area is 363 Å². The van der Waals surface area contributed by atoms with Crippen molar-refractivity contribution >= 4 is 21.8 Å². The Morgan fingerprint density at radius 2 is 0.426 bits per heavy atom. The van der Waals surface area contributed by atoms with Crippen molar-refractivity contribution in [2.75, 3.05) is 0 Å². The molecule has 0 N–H and O–H groups in total. The molecule has 1 aromatic heterocycles. The van der Waals surface area contributed by atoms with Gasteiger partial charge in [0.15, 0.2) is 0 Å². The predicted molar refractivity (Wildman–Crippen MR) is 267 cm³/mol. The van der Waals surface area contributed by atoms with Crippen LogP contribution in [0.4, 0.5) is 0 Å². The average Bonchev–Trinajstić information content (AvgIpc) is 3.70. The third-order valence-electron chi connectivity index (χ3n) is 10.9. The first-order chi connectivity index (χ1) is 30.2. The van der Waals surface area contributed by atoms with Crippen molar-refractivity contribution in [2.45, 2.75) is 41.5 Å². The molecule has 0 amide bonds. The zero-order valence-electron chi connectivity index (χ0n) is 36.3. The summed E-state index contributed by atoms with van der Waals surface area (Å²) in [5.41, 5.74) is 18.1. The second-order valence-electron chi connectivity index (χ2n) is 14.2. The van der Waals surface area contributed by atoms with Crippen LogP contribution < -0.4 is 0 Å². The fourth-order valence-electron chi connectivity index (χ4n) is 7.92. The van der Waals surface area contributed by atoms with Gasteiger partial charge in [0, 0.05) is 16.5 Å². The van der Waals surface area contributed by atoms with E-state index in [-0.39, 0.29) is 0 Å². The van der Waals surface area contributed by atoms with Crippen LogP contribution >= 0.6 is 0 Å². The smallest absolute Gasteiger partial charge is 0.0541 e. The van der Waals surface area contributed by atoms with Crippen molar-refractivity contribution in [3.8, 4) is 72.4 Å². The van der Waals surface area contributed by atoms with Gasteiger partial charge in [0.1, 0.15) is 0 Å². The van der Waals surface area contributed by atoms with Gasteiger partial charge < -0.3 is 4.57 Å². The van der Waals surface area contributed by atoms with Gasteiger partial charge in [0.25, 0.3) is 0 Å². The minimum absolute atomic E-state index is 1.14. The molecule has 1 heteroatoms. The first kappa shape index (κ1) is 41.9. The van der Waals surface area contributed by atoms with Crippen molar-refractivity contribution in [1.82, 2.24) is 4.57 Å². The van der Waals surface area contributed by atoms with Crippen LogP contribution in [0.3, 0.4) is 0 Å². The Balaban J connectivity index is 0.000000898. The molecule has 0 atom stereocenters. The highest BCUT2D eigenvalue weighted by Gasteiger charge is 2.15. The summed E-state index contributed by atoms with van der Waals surface area (Å²) in [6.45, 7) is 12.0. The van der Waals surface area contributed by atoms with E-state index in [0.29, 0.717) is 0 Å². The van der Waals surface area contributed by atoms with Crippen molar-refractivity contribution in [2.24, 2.45) is 0 Å². The average molecular weight is 790 g/mol. The van der Waals surface area contributed by atoms with Crippen molar-refractivity contribution in [1.29, 1.82) is 0 Å². The van der Waals surface area contributed by atoms with E-state index >= 15 is 0 Å². The van der Waals surface area contributed by atoms with E-state index < -0.39 is 0 Å². The zero-order chi connectivity index (χ0) is 42.6. The molecular formula is C60H55N. The highest BCUT2D eigenvalue weighted by molar-refractivity contribution is 6.11. The third-order valence-corrected chi connectivity index (χ3v) is 10.9. The van der Waals surface area contributed by atoms with E-state index in [4.69, 9.17) is 0 Å². The van der Waals surface area contributed by atoms with E-state index in [9.17, 15) is 0 Å². The van der Waals surface area contributed by atoms with Gasteiger partial charge in [-0.05, 0) is 103 Å². The molecule has 61 heavy (non-hydrogen) atoms. The fraction of sp³-hybridized carbons (Fsp3) is 0.100. The molecule has 0 unspecified atom stereocenters. The quantitative estimate of drug-likeness (QED) is 0.152. The van der Waals surface area contributed by atoms with Gasteiger partial charge in [0.2, 0.25) is 0 Å². The van der Waals surface area contributed by atoms with E-state index in [1.54, 1.807) is 0 Å². The molecule has 0 fully saturated rings. The molecule has 300 valence electrons. The minimum atomic E-state index is 1.14. The van der Waals surface area contributed by atoms with Gasteiger partial charge in [-0.1, -0.05) is 230 Å². The number of rotatable bonds is 7. The molecule has 10 aromatic rings. The lowest BCUT2D eigenvalue weighted by Gasteiger charge is -2.11. The van der Waals surface area contributed by atoms with Gasteiger partial charge in [-0.25, -0.2) is 0 Å². The molecule has 1 nitrogen and oxygen atoms in total. The number of fused-ring (bicyclic) bond motifs is 3. The van der Waals surface area contributed by atoms with Crippen LogP contribution in [-0.4, -0.2) is 4.57 Å². The molecule has 1 heterocycles. The van der Waals surface area contributed by atoms with Crippen LogP contribution in [-0.2, 0) is 0 Å². The maximum absolute atomic E-state index is 2.41. The lowest BCUT2D eigenvalue weighted by Crippen LogP contribution is -1.94. The normalized spacial score (nSPS) is 10.5. The Morgan fingerprint density at radius 1 is 0.213 bits per heavy atom. The monoisotopic (exact) mass is 789 g/mol. The first-order valence-corrected chi connectivity index (χ1v) is 21.9. The lowest BCUT2D eigenvalue weighted by molar-refractivity contribution is 1.18. The van der Waals surface area contributed by atoms with Crippen molar-refractivity contribution < 1.29 is 0 Å². The SMILES string of the molecule is CC.CC.CC.c1ccc(-c2ccc(-c3ccc(-n4c5ccc(-c6ccc(-c7ccccc7)cc6)cc5c5cc(-c6ccc(-c7ccccc7)cc6)ccc54)cc3)cc2)cc1. The summed E-state index contributed by atoms with van der Waals surface area (Å²) in [6, 6.07) is 81.3. The second-order valence-corrected chi connectivity index (χ2v) is 14.2. The highest BCUT2D eigenvalue weighted by Crippen LogP contribution is 2.38. The van der Waals surface area contributed by atoms with Crippen LogP contribution in [0.5, 0.6) is 0 Å². The van der Waals surface area contributed by atoms with Crippen LogP contribution in [0, 0.1) is 0 Å². The lowest BCUT2D eigenvalue weighted by atomic mass is 9.97. The van der Waals surface area contributed by atoms with Crippen LogP contribution in [0.2, 0.25) is 0 Å². The van der Waals surface area contributed by atoms with Crippen molar-refractivity contribution in [3.63, 3.8) is 0 Å². The van der Waals surface area contributed by atoms with Crippen LogP contribution in [0.25, 0.3) is 94.3 Å². The van der Waals surface area contributed by atoms with E-state index in [2.05, 4.69) is 229 Å². The largest absolute Gasteiger partial charge is 0.309 e. The number of nitrogens with zero attached hydrogens (tertiary/aromatic N) is 1. The Kier molecular flexibility index (Phi) is 13.9. The molecular weight excluding hydrogens is 735 g/mol. The molecule has 0 spiro atoms. The molecule has 0 aliphatic heterocycles. The van der Waals surface area contributed by atoms with E-state index in [1.165, 1.54) is 88.6 Å². The fourth-order valence-corrected chi connectivity index (χ4v) is 7.92. The van der Waals surface area contributed by atoms with Crippen LogP contribution in [0.1, 0.15) is 41.5 Å². The van der Waals surface area contributed by atoms with Crippen LogP contribution in [0.15, 0.2) is 224 Å².